The second-order valence-electron chi connectivity index (χ2n) is 12.9. The van der Waals surface area contributed by atoms with Crippen LogP contribution in [-0.4, -0.2) is 81.9 Å². The Morgan fingerprint density at radius 2 is 1.67 bits per heavy atom. The minimum Gasteiger partial charge on any atom is -0.406 e. The molecule has 3 aromatic carbocycles. The van der Waals surface area contributed by atoms with Crippen LogP contribution in [0.25, 0.3) is 6.08 Å². The first-order valence-electron chi connectivity index (χ1n) is 16.5. The number of aliphatic imine (C=N–C) groups is 1. The van der Waals surface area contributed by atoms with Gasteiger partial charge in [-0.2, -0.15) is 4.31 Å². The van der Waals surface area contributed by atoms with Gasteiger partial charge in [0, 0.05) is 49.7 Å². The van der Waals surface area contributed by atoms with Crippen molar-refractivity contribution in [2.24, 2.45) is 4.99 Å². The molecular weight excluding hydrogens is 708 g/mol. The number of likely N-dealkylation sites (tertiary alicyclic amines) is 1. The number of hydrogen-bond acceptors (Lipinski definition) is 8. The maximum atomic E-state index is 13.3. The Morgan fingerprint density at radius 3 is 2.33 bits per heavy atom. The molecule has 2 saturated heterocycles. The molecule has 0 aromatic heterocycles. The van der Waals surface area contributed by atoms with Crippen LogP contribution in [0.2, 0.25) is 0 Å². The molecule has 3 aromatic rings. The van der Waals surface area contributed by atoms with Gasteiger partial charge in [0.15, 0.2) is 0 Å². The zero-order valence-electron chi connectivity index (χ0n) is 27.8. The maximum Gasteiger partial charge on any atom is 0.573 e. The number of carbonyl (C=O) groups is 1. The molecule has 0 atom stereocenters. The number of nitrogens with one attached hydrogen (secondary N) is 2. The number of benzene rings is 3. The van der Waals surface area contributed by atoms with E-state index in [2.05, 4.69) is 36.8 Å². The fourth-order valence-electron chi connectivity index (χ4n) is 6.53. The van der Waals surface area contributed by atoms with Gasteiger partial charge in [0.2, 0.25) is 20.0 Å². The number of rotatable bonds is 10. The molecule has 3 heterocycles. The van der Waals surface area contributed by atoms with E-state index in [4.69, 9.17) is 0 Å². The highest BCUT2D eigenvalue weighted by Crippen LogP contribution is 2.33. The van der Waals surface area contributed by atoms with Crippen LogP contribution in [0.4, 0.5) is 13.2 Å². The van der Waals surface area contributed by atoms with Crippen LogP contribution >= 0.6 is 0 Å². The van der Waals surface area contributed by atoms with E-state index in [1.807, 2.05) is 18.2 Å². The minimum atomic E-state index is -4.88. The lowest BCUT2D eigenvalue weighted by Gasteiger charge is -2.34. The monoisotopic (exact) mass is 745 g/mol. The largest absolute Gasteiger partial charge is 0.573 e. The molecule has 1 spiro atoms. The molecule has 0 bridgehead atoms. The highest BCUT2D eigenvalue weighted by Gasteiger charge is 2.47. The molecule has 1 amide bonds. The van der Waals surface area contributed by atoms with Crippen LogP contribution in [0.3, 0.4) is 0 Å². The minimum absolute atomic E-state index is 0.0128. The van der Waals surface area contributed by atoms with Crippen molar-refractivity contribution in [1.82, 2.24) is 19.2 Å². The van der Waals surface area contributed by atoms with Crippen molar-refractivity contribution in [3.63, 3.8) is 0 Å². The van der Waals surface area contributed by atoms with Crippen LogP contribution in [0.15, 0.2) is 88.1 Å². The molecule has 0 unspecified atom stereocenters. The predicted octanol–water partition coefficient (Wildman–Crippen LogP) is 4.55. The summed E-state index contributed by atoms with van der Waals surface area (Å²) in [5.41, 5.74) is 1.30. The molecule has 11 nitrogen and oxygen atoms in total. The molecule has 0 aliphatic carbocycles. The first-order valence-corrected chi connectivity index (χ1v) is 19.4. The fourth-order valence-corrected chi connectivity index (χ4v) is 9.10. The van der Waals surface area contributed by atoms with E-state index >= 15 is 0 Å². The van der Waals surface area contributed by atoms with Gasteiger partial charge in [-0.1, -0.05) is 48.5 Å². The molecule has 6 rings (SSSR count). The SMILES string of the molecule is Cc1cc(S(=O)(=O)NC2CCN(Cc3ccccc3)CC2)ccc1/C=C/S(=O)(=O)N1CCC2(CC1)N=C(c1cccc(OC(F)(F)F)c1)NC2=O. The van der Waals surface area contributed by atoms with Gasteiger partial charge in [-0.15, -0.1) is 13.2 Å². The van der Waals surface area contributed by atoms with Gasteiger partial charge in [0.05, 0.1) is 4.90 Å². The second-order valence-corrected chi connectivity index (χ2v) is 16.5. The summed E-state index contributed by atoms with van der Waals surface area (Å²) in [6, 6.07) is 19.6. The molecule has 16 heteroatoms. The molecule has 272 valence electrons. The van der Waals surface area contributed by atoms with Gasteiger partial charge in [0.25, 0.3) is 5.91 Å². The van der Waals surface area contributed by atoms with Crippen LogP contribution < -0.4 is 14.8 Å². The Morgan fingerprint density at radius 1 is 0.961 bits per heavy atom. The summed E-state index contributed by atoms with van der Waals surface area (Å²) in [5.74, 6) is -0.829. The molecule has 2 N–H and O–H groups in total. The van der Waals surface area contributed by atoms with Crippen molar-refractivity contribution in [3.05, 3.63) is 100 Å². The van der Waals surface area contributed by atoms with Crippen molar-refractivity contribution in [3.8, 4) is 5.75 Å². The van der Waals surface area contributed by atoms with E-state index in [0.717, 1.165) is 37.2 Å². The zero-order chi connectivity index (χ0) is 36.4. The molecule has 51 heavy (non-hydrogen) atoms. The molecule has 0 radical (unpaired) electrons. The summed E-state index contributed by atoms with van der Waals surface area (Å²) in [7, 11) is -7.71. The molecule has 2 fully saturated rings. The lowest BCUT2D eigenvalue weighted by Crippen LogP contribution is -2.50. The summed E-state index contributed by atoms with van der Waals surface area (Å²) in [5, 5.41) is 3.67. The molecule has 3 aliphatic rings. The highest BCUT2D eigenvalue weighted by atomic mass is 32.2. The first kappa shape index (κ1) is 36.7. The zero-order valence-corrected chi connectivity index (χ0v) is 29.4. The van der Waals surface area contributed by atoms with E-state index in [9.17, 15) is 34.8 Å². The van der Waals surface area contributed by atoms with Crippen LogP contribution in [0.1, 0.15) is 47.9 Å². The Balaban J connectivity index is 1.04. The Bertz CT molecular complexity index is 2040. The standard InChI is InChI=1S/C35H38F3N5O6S2/c1-25-22-31(51(47,48)41-29-12-17-42(18-13-29)24-26-6-3-2-4-7-26)11-10-27(25)14-21-50(45,46)43-19-15-34(16-20-43)33(44)39-32(40-34)28-8-5-9-30(23-28)49-35(36,37)38/h2-11,14,21-23,29,41H,12-13,15-20,24H2,1H3,(H,39,40,44)/b21-14+. The summed E-state index contributed by atoms with van der Waals surface area (Å²) in [4.78, 5) is 19.9. The predicted molar refractivity (Wildman–Crippen MR) is 186 cm³/mol. The summed E-state index contributed by atoms with van der Waals surface area (Å²) in [6.45, 7) is 4.05. The number of piperidine rings is 2. The average molecular weight is 746 g/mol. The van der Waals surface area contributed by atoms with Crippen LogP contribution in [0.5, 0.6) is 5.75 Å². The van der Waals surface area contributed by atoms with Gasteiger partial charge < -0.3 is 10.1 Å². The number of hydrogen-bond donors (Lipinski definition) is 2. The number of amidine groups is 1. The second kappa shape index (κ2) is 14.5. The van der Waals surface area contributed by atoms with Gasteiger partial charge >= 0.3 is 6.36 Å². The van der Waals surface area contributed by atoms with Gasteiger partial charge in [-0.05, 0) is 79.6 Å². The number of alkyl halides is 3. The van der Waals surface area contributed by atoms with Crippen molar-refractivity contribution < 1.29 is 39.5 Å². The fraction of sp³-hybridized carbons (Fsp3) is 0.371. The number of nitrogens with zero attached hydrogens (tertiary/aromatic N) is 3. The van der Waals surface area contributed by atoms with E-state index in [1.165, 1.54) is 40.2 Å². The lowest BCUT2D eigenvalue weighted by molar-refractivity contribution is -0.274. The Hall–Kier alpha value is -4.09. The normalized spacial score (nSPS) is 19.4. The van der Waals surface area contributed by atoms with Gasteiger partial charge in [-0.3, -0.25) is 14.7 Å². The van der Waals surface area contributed by atoms with Crippen molar-refractivity contribution in [2.75, 3.05) is 26.2 Å². The quantitative estimate of drug-likeness (QED) is 0.311. The topological polar surface area (TPSA) is 137 Å². The van der Waals surface area contributed by atoms with Gasteiger partial charge in [-0.25, -0.2) is 21.6 Å². The highest BCUT2D eigenvalue weighted by molar-refractivity contribution is 7.92. The summed E-state index contributed by atoms with van der Waals surface area (Å²) in [6.07, 6.45) is -1.95. The van der Waals surface area contributed by atoms with Crippen molar-refractivity contribution in [2.45, 2.75) is 62.0 Å². The summed E-state index contributed by atoms with van der Waals surface area (Å²) < 4.78 is 99.0. The molecule has 0 saturated carbocycles. The lowest BCUT2D eigenvalue weighted by atomic mass is 9.89. The number of halogens is 3. The Labute approximate surface area is 295 Å². The number of ether oxygens (including phenoxy) is 1. The molecular formula is C35H38F3N5O6S2. The first-order chi connectivity index (χ1) is 24.1. The van der Waals surface area contributed by atoms with Crippen LogP contribution in [0, 0.1) is 6.92 Å². The number of aryl methyl sites for hydroxylation is 1. The third-order valence-electron chi connectivity index (χ3n) is 9.36. The van der Waals surface area contributed by atoms with E-state index in [1.54, 1.807) is 13.0 Å². The van der Waals surface area contributed by atoms with Crippen LogP contribution in [-0.2, 0) is 31.4 Å². The molecule has 3 aliphatic heterocycles. The Kier molecular flexibility index (Phi) is 10.4. The summed E-state index contributed by atoms with van der Waals surface area (Å²) >= 11 is 0. The van der Waals surface area contributed by atoms with Gasteiger partial charge in [0.1, 0.15) is 17.1 Å². The number of amides is 1. The number of carbonyl (C=O) groups excluding carboxylic acids is 1. The van der Waals surface area contributed by atoms with E-state index in [-0.39, 0.29) is 48.3 Å². The van der Waals surface area contributed by atoms with Crippen molar-refractivity contribution >= 4 is 37.9 Å². The average Bonchev–Trinajstić information content (AvgIpc) is 3.39. The number of sulfonamides is 2. The third kappa shape index (κ3) is 8.87. The maximum absolute atomic E-state index is 13.3. The van der Waals surface area contributed by atoms with E-state index < -0.39 is 43.6 Å². The van der Waals surface area contributed by atoms with Crippen molar-refractivity contribution in [1.29, 1.82) is 0 Å². The third-order valence-corrected chi connectivity index (χ3v) is 12.4. The smallest absolute Gasteiger partial charge is 0.406 e. The van der Waals surface area contributed by atoms with E-state index in [0.29, 0.717) is 24.0 Å².